The lowest BCUT2D eigenvalue weighted by Crippen LogP contribution is -2.37. The summed E-state index contributed by atoms with van der Waals surface area (Å²) in [4.78, 5) is 11.8. The van der Waals surface area contributed by atoms with E-state index in [0.29, 0.717) is 17.7 Å². The maximum Gasteiger partial charge on any atom is 0.251 e. The van der Waals surface area contributed by atoms with Crippen LogP contribution in [0.4, 0.5) is 0 Å². The number of amides is 1. The SMILES string of the molecule is CNC(C)CNC(=O)c1ccc(CS(N)(=O)=O)cc1. The minimum absolute atomic E-state index is 0.186. The summed E-state index contributed by atoms with van der Waals surface area (Å²) in [5.74, 6) is -0.421. The predicted octanol–water partition coefficient (Wildman–Crippen LogP) is -0.187. The molecule has 0 saturated heterocycles. The molecule has 0 aliphatic carbocycles. The zero-order valence-corrected chi connectivity index (χ0v) is 11.8. The van der Waals surface area contributed by atoms with E-state index in [9.17, 15) is 13.2 Å². The Kier molecular flexibility index (Phi) is 5.46. The van der Waals surface area contributed by atoms with Gasteiger partial charge in [-0.3, -0.25) is 4.79 Å². The molecule has 0 heterocycles. The fourth-order valence-electron chi connectivity index (χ4n) is 1.43. The lowest BCUT2D eigenvalue weighted by molar-refractivity contribution is 0.0950. The molecule has 106 valence electrons. The van der Waals surface area contributed by atoms with E-state index in [2.05, 4.69) is 10.6 Å². The number of nitrogens with two attached hydrogens (primary N) is 1. The number of benzene rings is 1. The Bertz CT molecular complexity index is 526. The van der Waals surface area contributed by atoms with Crippen LogP contribution in [0.1, 0.15) is 22.8 Å². The van der Waals surface area contributed by atoms with Crippen LogP contribution >= 0.6 is 0 Å². The van der Waals surface area contributed by atoms with Crippen LogP contribution in [0.5, 0.6) is 0 Å². The second-order valence-electron chi connectivity index (χ2n) is 4.40. The normalized spacial score (nSPS) is 13.0. The molecule has 19 heavy (non-hydrogen) atoms. The third-order valence-corrected chi connectivity index (χ3v) is 3.38. The van der Waals surface area contributed by atoms with Crippen molar-refractivity contribution in [3.05, 3.63) is 35.4 Å². The monoisotopic (exact) mass is 285 g/mol. The minimum Gasteiger partial charge on any atom is -0.350 e. The fourth-order valence-corrected chi connectivity index (χ4v) is 2.09. The first kappa shape index (κ1) is 15.6. The van der Waals surface area contributed by atoms with Crippen molar-refractivity contribution in [1.29, 1.82) is 0 Å². The fraction of sp³-hybridized carbons (Fsp3) is 0.417. The molecule has 0 saturated carbocycles. The molecule has 0 aliphatic rings. The molecule has 6 nitrogen and oxygen atoms in total. The highest BCUT2D eigenvalue weighted by Crippen LogP contribution is 2.07. The van der Waals surface area contributed by atoms with Crippen LogP contribution in [0.25, 0.3) is 0 Å². The van der Waals surface area contributed by atoms with E-state index in [1.807, 2.05) is 14.0 Å². The molecule has 0 aromatic heterocycles. The van der Waals surface area contributed by atoms with E-state index in [1.165, 1.54) is 0 Å². The van der Waals surface area contributed by atoms with Gasteiger partial charge >= 0.3 is 0 Å². The number of carbonyl (C=O) groups is 1. The van der Waals surface area contributed by atoms with E-state index in [-0.39, 0.29) is 17.7 Å². The lowest BCUT2D eigenvalue weighted by atomic mass is 10.1. The van der Waals surface area contributed by atoms with Gasteiger partial charge in [0.2, 0.25) is 10.0 Å². The van der Waals surface area contributed by atoms with Gasteiger partial charge in [0, 0.05) is 18.2 Å². The molecule has 0 bridgehead atoms. The number of primary sulfonamides is 1. The maximum absolute atomic E-state index is 11.8. The van der Waals surface area contributed by atoms with Crippen molar-refractivity contribution in [2.75, 3.05) is 13.6 Å². The molecule has 4 N–H and O–H groups in total. The number of hydrogen-bond donors (Lipinski definition) is 3. The summed E-state index contributed by atoms with van der Waals surface area (Å²) in [5.41, 5.74) is 1.05. The topological polar surface area (TPSA) is 101 Å². The molecule has 0 aliphatic heterocycles. The number of hydrogen-bond acceptors (Lipinski definition) is 4. The number of sulfonamides is 1. The van der Waals surface area contributed by atoms with Crippen molar-refractivity contribution in [2.24, 2.45) is 5.14 Å². The first-order valence-corrected chi connectivity index (χ1v) is 7.58. The zero-order chi connectivity index (χ0) is 14.5. The van der Waals surface area contributed by atoms with E-state index < -0.39 is 10.0 Å². The van der Waals surface area contributed by atoms with Crippen LogP contribution in [-0.4, -0.2) is 34.0 Å². The van der Waals surface area contributed by atoms with Gasteiger partial charge in [-0.2, -0.15) is 0 Å². The molecule has 1 aromatic carbocycles. The largest absolute Gasteiger partial charge is 0.350 e. The highest BCUT2D eigenvalue weighted by molar-refractivity contribution is 7.88. The highest BCUT2D eigenvalue weighted by Gasteiger charge is 2.08. The van der Waals surface area contributed by atoms with Crippen molar-refractivity contribution < 1.29 is 13.2 Å². The summed E-state index contributed by atoms with van der Waals surface area (Å²) < 4.78 is 21.8. The Morgan fingerprint density at radius 2 is 1.89 bits per heavy atom. The number of rotatable bonds is 6. The molecule has 0 spiro atoms. The minimum atomic E-state index is -3.54. The standard InChI is InChI=1S/C12H19N3O3S/c1-9(14-2)7-15-12(16)11-5-3-10(4-6-11)8-19(13,17)18/h3-6,9,14H,7-8H2,1-2H3,(H,15,16)(H2,13,17,18). The molecule has 1 aromatic rings. The van der Waals surface area contributed by atoms with Crippen LogP contribution in [0.15, 0.2) is 24.3 Å². The summed E-state index contributed by atoms with van der Waals surface area (Å²) in [6, 6.07) is 6.52. The van der Waals surface area contributed by atoms with Crippen molar-refractivity contribution in [3.8, 4) is 0 Å². The summed E-state index contributed by atoms with van der Waals surface area (Å²) >= 11 is 0. The zero-order valence-electron chi connectivity index (χ0n) is 11.0. The predicted molar refractivity (Wildman–Crippen MR) is 74.1 cm³/mol. The van der Waals surface area contributed by atoms with E-state index in [4.69, 9.17) is 5.14 Å². The Balaban J connectivity index is 2.63. The van der Waals surface area contributed by atoms with Crippen molar-refractivity contribution in [1.82, 2.24) is 10.6 Å². The molecular formula is C12H19N3O3S. The van der Waals surface area contributed by atoms with Gasteiger partial charge in [0.05, 0.1) is 5.75 Å². The van der Waals surface area contributed by atoms with Crippen molar-refractivity contribution >= 4 is 15.9 Å². The average molecular weight is 285 g/mol. The second-order valence-corrected chi connectivity index (χ2v) is 6.02. The smallest absolute Gasteiger partial charge is 0.251 e. The van der Waals surface area contributed by atoms with Gasteiger partial charge < -0.3 is 10.6 Å². The van der Waals surface area contributed by atoms with Gasteiger partial charge in [-0.25, -0.2) is 13.6 Å². The molecule has 0 fully saturated rings. The van der Waals surface area contributed by atoms with Gasteiger partial charge in [0.1, 0.15) is 0 Å². The molecule has 1 atom stereocenters. The van der Waals surface area contributed by atoms with Crippen LogP contribution in [0, 0.1) is 0 Å². The van der Waals surface area contributed by atoms with Crippen LogP contribution in [0.3, 0.4) is 0 Å². The Labute approximate surface area is 113 Å². The van der Waals surface area contributed by atoms with E-state index in [1.54, 1.807) is 24.3 Å². The molecule has 7 heteroatoms. The number of nitrogens with one attached hydrogen (secondary N) is 2. The third kappa shape index (κ3) is 5.82. The Morgan fingerprint density at radius 3 is 2.37 bits per heavy atom. The van der Waals surface area contributed by atoms with Crippen molar-refractivity contribution in [3.63, 3.8) is 0 Å². The van der Waals surface area contributed by atoms with Crippen molar-refractivity contribution in [2.45, 2.75) is 18.7 Å². The molecular weight excluding hydrogens is 266 g/mol. The van der Waals surface area contributed by atoms with Gasteiger partial charge in [0.25, 0.3) is 5.91 Å². The van der Waals surface area contributed by atoms with Gasteiger partial charge in [-0.15, -0.1) is 0 Å². The van der Waals surface area contributed by atoms with Gasteiger partial charge in [0.15, 0.2) is 0 Å². The first-order chi connectivity index (χ1) is 8.81. The van der Waals surface area contributed by atoms with Crippen LogP contribution < -0.4 is 15.8 Å². The number of carbonyl (C=O) groups excluding carboxylic acids is 1. The van der Waals surface area contributed by atoms with Gasteiger partial charge in [-0.1, -0.05) is 12.1 Å². The van der Waals surface area contributed by atoms with E-state index >= 15 is 0 Å². The molecule has 1 amide bonds. The third-order valence-electron chi connectivity index (χ3n) is 2.65. The first-order valence-electron chi connectivity index (χ1n) is 5.86. The summed E-state index contributed by atoms with van der Waals surface area (Å²) in [7, 11) is -1.73. The van der Waals surface area contributed by atoms with Gasteiger partial charge in [-0.05, 0) is 31.7 Å². The summed E-state index contributed by atoms with van der Waals surface area (Å²) in [6.45, 7) is 2.48. The Morgan fingerprint density at radius 1 is 1.32 bits per heavy atom. The maximum atomic E-state index is 11.8. The summed E-state index contributed by atoms with van der Waals surface area (Å²) in [5, 5.41) is 10.7. The summed E-state index contributed by atoms with van der Waals surface area (Å²) in [6.07, 6.45) is 0. The molecule has 1 rings (SSSR count). The van der Waals surface area contributed by atoms with Crippen LogP contribution in [0.2, 0.25) is 0 Å². The second kappa shape index (κ2) is 6.65. The quantitative estimate of drug-likeness (QED) is 0.674. The van der Waals surface area contributed by atoms with E-state index in [0.717, 1.165) is 0 Å². The van der Waals surface area contributed by atoms with Crippen LogP contribution in [-0.2, 0) is 15.8 Å². The molecule has 1 unspecified atom stereocenters. The molecule has 0 radical (unpaired) electrons. The number of likely N-dealkylation sites (N-methyl/N-ethyl adjacent to an activating group) is 1. The Hall–Kier alpha value is -1.44. The highest BCUT2D eigenvalue weighted by atomic mass is 32.2. The lowest BCUT2D eigenvalue weighted by Gasteiger charge is -2.11. The average Bonchev–Trinajstić information content (AvgIpc) is 2.34.